The van der Waals surface area contributed by atoms with Crippen LogP contribution in [0.4, 0.5) is 5.13 Å². The average molecular weight is 335 g/mol. The standard InChI is InChI=1S/C15H17N3O2S2/c1-3-10-21-15-18-17-14(22-15)16-13(19)9-8-11-6-4-5-7-12(11)20-2/h4-9H,3,10H2,1-2H3,(H,16,17,19)/b9-8+. The molecule has 116 valence electrons. The molecule has 1 N–H and O–H groups in total. The summed E-state index contributed by atoms with van der Waals surface area (Å²) in [6.07, 6.45) is 4.24. The predicted octanol–water partition coefficient (Wildman–Crippen LogP) is 3.70. The van der Waals surface area contributed by atoms with Gasteiger partial charge in [0.25, 0.3) is 0 Å². The second-order valence-corrected chi connectivity index (χ2v) is 6.61. The molecule has 0 aliphatic rings. The Labute approximate surface area is 137 Å². The SMILES string of the molecule is CCCSc1nnc(NC(=O)/C=C/c2ccccc2OC)s1. The van der Waals surface area contributed by atoms with Crippen molar-refractivity contribution in [1.29, 1.82) is 0 Å². The third-order valence-electron chi connectivity index (χ3n) is 2.62. The van der Waals surface area contributed by atoms with E-state index < -0.39 is 0 Å². The molecule has 0 saturated heterocycles. The van der Waals surface area contributed by atoms with Gasteiger partial charge in [0.1, 0.15) is 5.75 Å². The van der Waals surface area contributed by atoms with E-state index in [1.165, 1.54) is 17.4 Å². The molecule has 0 unspecified atom stereocenters. The zero-order valence-electron chi connectivity index (χ0n) is 12.4. The Bertz CT molecular complexity index is 656. The number of para-hydroxylation sites is 1. The number of benzene rings is 1. The van der Waals surface area contributed by atoms with Crippen molar-refractivity contribution >= 4 is 40.2 Å². The molecular weight excluding hydrogens is 318 g/mol. The maximum Gasteiger partial charge on any atom is 0.250 e. The Kier molecular flexibility index (Phi) is 6.42. The number of thioether (sulfide) groups is 1. The molecule has 2 aromatic rings. The molecule has 1 aromatic carbocycles. The number of carbonyl (C=O) groups excluding carboxylic acids is 1. The lowest BCUT2D eigenvalue weighted by Gasteiger charge is -2.03. The molecule has 22 heavy (non-hydrogen) atoms. The van der Waals surface area contributed by atoms with Crippen LogP contribution in [0.5, 0.6) is 5.75 Å². The number of methoxy groups -OCH3 is 1. The first-order valence-electron chi connectivity index (χ1n) is 6.81. The fraction of sp³-hybridized carbons (Fsp3) is 0.267. The number of carbonyl (C=O) groups is 1. The van der Waals surface area contributed by atoms with Gasteiger partial charge < -0.3 is 4.74 Å². The number of nitrogens with zero attached hydrogens (tertiary/aromatic N) is 2. The summed E-state index contributed by atoms with van der Waals surface area (Å²) in [5.74, 6) is 1.48. The first-order valence-corrected chi connectivity index (χ1v) is 8.61. The summed E-state index contributed by atoms with van der Waals surface area (Å²) in [7, 11) is 1.60. The fourth-order valence-corrected chi connectivity index (χ4v) is 3.30. The Balaban J connectivity index is 1.95. The van der Waals surface area contributed by atoms with Crippen LogP contribution in [0.1, 0.15) is 18.9 Å². The molecule has 1 amide bonds. The van der Waals surface area contributed by atoms with Gasteiger partial charge in [-0.05, 0) is 18.6 Å². The van der Waals surface area contributed by atoms with Gasteiger partial charge in [0, 0.05) is 17.4 Å². The predicted molar refractivity (Wildman–Crippen MR) is 91.6 cm³/mol. The molecule has 5 nitrogen and oxygen atoms in total. The second-order valence-electron chi connectivity index (χ2n) is 4.29. The van der Waals surface area contributed by atoms with Gasteiger partial charge in [-0.3, -0.25) is 10.1 Å². The summed E-state index contributed by atoms with van der Waals surface area (Å²) in [6, 6.07) is 7.50. The summed E-state index contributed by atoms with van der Waals surface area (Å²) in [6.45, 7) is 2.11. The number of ether oxygens (including phenoxy) is 1. The van der Waals surface area contributed by atoms with Crippen molar-refractivity contribution in [2.75, 3.05) is 18.2 Å². The van der Waals surface area contributed by atoms with E-state index in [0.717, 1.165) is 27.8 Å². The molecular formula is C15H17N3O2S2. The molecule has 0 atom stereocenters. The van der Waals surface area contributed by atoms with Crippen LogP contribution < -0.4 is 10.1 Å². The van der Waals surface area contributed by atoms with Gasteiger partial charge in [-0.1, -0.05) is 48.2 Å². The molecule has 0 fully saturated rings. The number of aromatic nitrogens is 2. The zero-order chi connectivity index (χ0) is 15.8. The molecule has 0 saturated carbocycles. The van der Waals surface area contributed by atoms with Crippen molar-refractivity contribution in [1.82, 2.24) is 10.2 Å². The van der Waals surface area contributed by atoms with E-state index in [0.29, 0.717) is 5.13 Å². The van der Waals surface area contributed by atoms with Crippen LogP contribution in [0.25, 0.3) is 6.08 Å². The molecule has 1 heterocycles. The highest BCUT2D eigenvalue weighted by atomic mass is 32.2. The Morgan fingerprint density at radius 2 is 2.23 bits per heavy atom. The largest absolute Gasteiger partial charge is 0.496 e. The minimum Gasteiger partial charge on any atom is -0.496 e. The topological polar surface area (TPSA) is 64.1 Å². The number of amides is 1. The Morgan fingerprint density at radius 1 is 1.41 bits per heavy atom. The van der Waals surface area contributed by atoms with Crippen molar-refractivity contribution in [2.45, 2.75) is 17.7 Å². The fourth-order valence-electron chi connectivity index (χ4n) is 1.62. The maximum absolute atomic E-state index is 11.9. The summed E-state index contributed by atoms with van der Waals surface area (Å²) >= 11 is 3.02. The van der Waals surface area contributed by atoms with Gasteiger partial charge in [-0.2, -0.15) is 0 Å². The van der Waals surface area contributed by atoms with Gasteiger partial charge in [0.15, 0.2) is 4.34 Å². The van der Waals surface area contributed by atoms with Crippen molar-refractivity contribution in [3.63, 3.8) is 0 Å². The van der Waals surface area contributed by atoms with Gasteiger partial charge in [-0.25, -0.2) is 0 Å². The number of anilines is 1. The number of hydrogen-bond acceptors (Lipinski definition) is 6. The molecule has 0 radical (unpaired) electrons. The van der Waals surface area contributed by atoms with Crippen molar-refractivity contribution < 1.29 is 9.53 Å². The normalized spacial score (nSPS) is 10.8. The number of hydrogen-bond donors (Lipinski definition) is 1. The lowest BCUT2D eigenvalue weighted by Crippen LogP contribution is -2.07. The van der Waals surface area contributed by atoms with Crippen LogP contribution in [0, 0.1) is 0 Å². The van der Waals surface area contributed by atoms with Gasteiger partial charge >= 0.3 is 0 Å². The molecule has 0 aliphatic carbocycles. The molecule has 1 aromatic heterocycles. The highest BCUT2D eigenvalue weighted by Gasteiger charge is 2.06. The minimum atomic E-state index is -0.242. The summed E-state index contributed by atoms with van der Waals surface area (Å²) in [4.78, 5) is 11.9. The highest BCUT2D eigenvalue weighted by Crippen LogP contribution is 2.25. The molecule has 7 heteroatoms. The smallest absolute Gasteiger partial charge is 0.250 e. The van der Waals surface area contributed by atoms with E-state index in [1.54, 1.807) is 24.9 Å². The quantitative estimate of drug-likeness (QED) is 0.475. The lowest BCUT2D eigenvalue weighted by molar-refractivity contribution is -0.111. The molecule has 0 spiro atoms. The third kappa shape index (κ3) is 4.85. The minimum absolute atomic E-state index is 0.242. The first kappa shape index (κ1) is 16.5. The van der Waals surface area contributed by atoms with Crippen molar-refractivity contribution in [2.24, 2.45) is 0 Å². The van der Waals surface area contributed by atoms with E-state index in [2.05, 4.69) is 22.4 Å². The highest BCUT2D eigenvalue weighted by molar-refractivity contribution is 8.01. The van der Waals surface area contributed by atoms with Crippen LogP contribution in [-0.2, 0) is 4.79 Å². The molecule has 0 bridgehead atoms. The van der Waals surface area contributed by atoms with E-state index in [9.17, 15) is 4.79 Å². The van der Waals surface area contributed by atoms with E-state index >= 15 is 0 Å². The lowest BCUT2D eigenvalue weighted by atomic mass is 10.2. The van der Waals surface area contributed by atoms with Gasteiger partial charge in [-0.15, -0.1) is 10.2 Å². The summed E-state index contributed by atoms with van der Waals surface area (Å²) in [5, 5.41) is 11.2. The van der Waals surface area contributed by atoms with Crippen LogP contribution in [0.15, 0.2) is 34.7 Å². The second kappa shape index (κ2) is 8.55. The molecule has 0 aliphatic heterocycles. The van der Waals surface area contributed by atoms with Crippen molar-refractivity contribution in [3.05, 3.63) is 35.9 Å². The summed E-state index contributed by atoms with van der Waals surface area (Å²) < 4.78 is 6.10. The first-order chi connectivity index (χ1) is 10.7. The Hall–Kier alpha value is -1.86. The number of rotatable bonds is 7. The summed E-state index contributed by atoms with van der Waals surface area (Å²) in [5.41, 5.74) is 0.844. The van der Waals surface area contributed by atoms with E-state index in [-0.39, 0.29) is 5.91 Å². The van der Waals surface area contributed by atoms with Gasteiger partial charge in [0.2, 0.25) is 11.0 Å². The monoisotopic (exact) mass is 335 g/mol. The zero-order valence-corrected chi connectivity index (χ0v) is 14.0. The van der Waals surface area contributed by atoms with E-state index in [4.69, 9.17) is 4.74 Å². The average Bonchev–Trinajstić information content (AvgIpc) is 2.98. The van der Waals surface area contributed by atoms with Crippen LogP contribution in [0.2, 0.25) is 0 Å². The van der Waals surface area contributed by atoms with Crippen molar-refractivity contribution in [3.8, 4) is 5.75 Å². The van der Waals surface area contributed by atoms with Crippen LogP contribution >= 0.6 is 23.1 Å². The van der Waals surface area contributed by atoms with Crippen LogP contribution in [0.3, 0.4) is 0 Å². The van der Waals surface area contributed by atoms with Crippen LogP contribution in [-0.4, -0.2) is 29.0 Å². The third-order valence-corrected chi connectivity index (χ3v) is 4.80. The maximum atomic E-state index is 11.9. The number of nitrogens with one attached hydrogen (secondary N) is 1. The Morgan fingerprint density at radius 3 is 3.00 bits per heavy atom. The van der Waals surface area contributed by atoms with E-state index in [1.807, 2.05) is 24.3 Å². The van der Waals surface area contributed by atoms with Gasteiger partial charge in [0.05, 0.1) is 7.11 Å². The molecule has 2 rings (SSSR count).